The molecule has 0 aliphatic heterocycles. The highest BCUT2D eigenvalue weighted by molar-refractivity contribution is 9.10. The second kappa shape index (κ2) is 5.17. The molecule has 3 heteroatoms. The SMILES string of the molecule is CCC1CCCC1Nc1cnc(Br)c(C)c1. The molecule has 1 aliphatic carbocycles. The van der Waals surface area contributed by atoms with Crippen LogP contribution in [-0.2, 0) is 0 Å². The molecule has 2 nitrogen and oxygen atoms in total. The van der Waals surface area contributed by atoms with Crippen LogP contribution < -0.4 is 5.32 Å². The number of rotatable bonds is 3. The summed E-state index contributed by atoms with van der Waals surface area (Å²) in [7, 11) is 0. The Morgan fingerprint density at radius 2 is 2.31 bits per heavy atom. The van der Waals surface area contributed by atoms with Gasteiger partial charge in [-0.25, -0.2) is 4.98 Å². The second-order valence-corrected chi connectivity index (χ2v) is 5.43. The summed E-state index contributed by atoms with van der Waals surface area (Å²) in [5, 5.41) is 3.63. The molecular formula is C13H19BrN2. The van der Waals surface area contributed by atoms with Crippen molar-refractivity contribution in [2.45, 2.75) is 45.6 Å². The molecule has 0 bridgehead atoms. The van der Waals surface area contributed by atoms with Gasteiger partial charge in [0.05, 0.1) is 11.9 Å². The number of hydrogen-bond donors (Lipinski definition) is 1. The summed E-state index contributed by atoms with van der Waals surface area (Å²) >= 11 is 3.43. The summed E-state index contributed by atoms with van der Waals surface area (Å²) in [5.41, 5.74) is 2.35. The first kappa shape index (κ1) is 11.9. The number of nitrogens with one attached hydrogen (secondary N) is 1. The highest BCUT2D eigenvalue weighted by Gasteiger charge is 2.25. The molecule has 1 aliphatic rings. The van der Waals surface area contributed by atoms with Gasteiger partial charge in [-0.15, -0.1) is 0 Å². The van der Waals surface area contributed by atoms with Crippen molar-refractivity contribution in [1.29, 1.82) is 0 Å². The Hall–Kier alpha value is -0.570. The quantitative estimate of drug-likeness (QED) is 0.843. The molecule has 1 fully saturated rings. The van der Waals surface area contributed by atoms with Crippen LogP contribution >= 0.6 is 15.9 Å². The molecule has 16 heavy (non-hydrogen) atoms. The molecule has 1 aromatic heterocycles. The van der Waals surface area contributed by atoms with E-state index in [-0.39, 0.29) is 0 Å². The van der Waals surface area contributed by atoms with Crippen LogP contribution in [-0.4, -0.2) is 11.0 Å². The summed E-state index contributed by atoms with van der Waals surface area (Å²) in [6, 6.07) is 2.81. The van der Waals surface area contributed by atoms with Crippen molar-refractivity contribution in [3.8, 4) is 0 Å². The lowest BCUT2D eigenvalue weighted by atomic mass is 10.0. The molecule has 1 aromatic rings. The van der Waals surface area contributed by atoms with Gasteiger partial charge in [0.1, 0.15) is 4.60 Å². The van der Waals surface area contributed by atoms with Crippen LogP contribution in [0, 0.1) is 12.8 Å². The standard InChI is InChI=1S/C13H19BrN2/c1-3-10-5-4-6-12(10)16-11-7-9(2)13(14)15-8-11/h7-8,10,12,16H,3-6H2,1-2H3. The van der Waals surface area contributed by atoms with Crippen LogP contribution in [0.15, 0.2) is 16.9 Å². The largest absolute Gasteiger partial charge is 0.381 e. The molecule has 0 spiro atoms. The molecular weight excluding hydrogens is 264 g/mol. The van der Waals surface area contributed by atoms with E-state index in [1.54, 1.807) is 0 Å². The van der Waals surface area contributed by atoms with Gasteiger partial charge in [-0.05, 0) is 53.2 Å². The lowest BCUT2D eigenvalue weighted by molar-refractivity contribution is 0.489. The van der Waals surface area contributed by atoms with E-state index in [2.05, 4.69) is 46.1 Å². The summed E-state index contributed by atoms with van der Waals surface area (Å²) in [4.78, 5) is 4.33. The average Bonchev–Trinajstić information content (AvgIpc) is 2.71. The number of aryl methyl sites for hydroxylation is 1. The van der Waals surface area contributed by atoms with Gasteiger partial charge in [-0.1, -0.05) is 19.8 Å². The minimum atomic E-state index is 0.646. The average molecular weight is 283 g/mol. The van der Waals surface area contributed by atoms with Crippen molar-refractivity contribution in [3.63, 3.8) is 0 Å². The predicted molar refractivity (Wildman–Crippen MR) is 71.7 cm³/mol. The van der Waals surface area contributed by atoms with Crippen LogP contribution in [0.5, 0.6) is 0 Å². The maximum atomic E-state index is 4.33. The minimum Gasteiger partial charge on any atom is -0.381 e. The zero-order valence-electron chi connectivity index (χ0n) is 9.96. The number of anilines is 1. The fourth-order valence-electron chi connectivity index (χ4n) is 2.57. The smallest absolute Gasteiger partial charge is 0.109 e. The lowest BCUT2D eigenvalue weighted by Crippen LogP contribution is -2.23. The Balaban J connectivity index is 2.05. The third-order valence-corrected chi connectivity index (χ3v) is 4.38. The maximum absolute atomic E-state index is 4.33. The minimum absolute atomic E-state index is 0.646. The van der Waals surface area contributed by atoms with Gasteiger partial charge in [0.2, 0.25) is 0 Å². The first-order valence-corrected chi connectivity index (χ1v) is 6.88. The number of nitrogens with zero attached hydrogens (tertiary/aromatic N) is 1. The van der Waals surface area contributed by atoms with E-state index >= 15 is 0 Å². The van der Waals surface area contributed by atoms with Gasteiger partial charge in [0.25, 0.3) is 0 Å². The molecule has 0 aromatic carbocycles. The molecule has 2 rings (SSSR count). The Morgan fingerprint density at radius 1 is 1.50 bits per heavy atom. The normalized spacial score (nSPS) is 24.7. The monoisotopic (exact) mass is 282 g/mol. The Kier molecular flexibility index (Phi) is 3.85. The predicted octanol–water partition coefficient (Wildman–Crippen LogP) is 4.14. The summed E-state index contributed by atoms with van der Waals surface area (Å²) in [6.45, 7) is 4.37. The van der Waals surface area contributed by atoms with Gasteiger partial charge in [0, 0.05) is 6.04 Å². The van der Waals surface area contributed by atoms with Gasteiger partial charge < -0.3 is 5.32 Å². The van der Waals surface area contributed by atoms with Gasteiger partial charge in [-0.2, -0.15) is 0 Å². The molecule has 1 heterocycles. The molecule has 0 amide bonds. The molecule has 0 saturated heterocycles. The first-order valence-electron chi connectivity index (χ1n) is 6.09. The van der Waals surface area contributed by atoms with Gasteiger partial charge in [0.15, 0.2) is 0 Å². The van der Waals surface area contributed by atoms with Crippen LogP contribution in [0.3, 0.4) is 0 Å². The van der Waals surface area contributed by atoms with Gasteiger partial charge in [-0.3, -0.25) is 0 Å². The van der Waals surface area contributed by atoms with Crippen LogP contribution in [0.2, 0.25) is 0 Å². The molecule has 2 atom stereocenters. The summed E-state index contributed by atoms with van der Waals surface area (Å²) < 4.78 is 0.941. The summed E-state index contributed by atoms with van der Waals surface area (Å²) in [5.74, 6) is 0.837. The highest BCUT2D eigenvalue weighted by atomic mass is 79.9. The van der Waals surface area contributed by atoms with Gasteiger partial charge >= 0.3 is 0 Å². The zero-order valence-corrected chi connectivity index (χ0v) is 11.5. The fourth-order valence-corrected chi connectivity index (χ4v) is 2.78. The van der Waals surface area contributed by atoms with Crippen molar-refractivity contribution >= 4 is 21.6 Å². The van der Waals surface area contributed by atoms with E-state index in [9.17, 15) is 0 Å². The van der Waals surface area contributed by atoms with Crippen LogP contribution in [0.25, 0.3) is 0 Å². The fraction of sp³-hybridized carbons (Fsp3) is 0.615. The van der Waals surface area contributed by atoms with E-state index < -0.39 is 0 Å². The van der Waals surface area contributed by atoms with Crippen molar-refractivity contribution in [1.82, 2.24) is 4.98 Å². The zero-order chi connectivity index (χ0) is 11.5. The Morgan fingerprint density at radius 3 is 3.00 bits per heavy atom. The Bertz CT molecular complexity index is 365. The highest BCUT2D eigenvalue weighted by Crippen LogP contribution is 2.31. The number of pyridine rings is 1. The third kappa shape index (κ3) is 2.57. The van der Waals surface area contributed by atoms with E-state index in [1.807, 2.05) is 6.20 Å². The molecule has 88 valence electrons. The molecule has 2 unspecified atom stereocenters. The van der Waals surface area contributed by atoms with Crippen molar-refractivity contribution in [3.05, 3.63) is 22.4 Å². The number of aromatic nitrogens is 1. The van der Waals surface area contributed by atoms with E-state index in [4.69, 9.17) is 0 Å². The van der Waals surface area contributed by atoms with Crippen molar-refractivity contribution in [2.24, 2.45) is 5.92 Å². The number of halogens is 1. The lowest BCUT2D eigenvalue weighted by Gasteiger charge is -2.20. The van der Waals surface area contributed by atoms with Crippen molar-refractivity contribution in [2.75, 3.05) is 5.32 Å². The first-order chi connectivity index (χ1) is 7.70. The second-order valence-electron chi connectivity index (χ2n) is 4.68. The van der Waals surface area contributed by atoms with Crippen LogP contribution in [0.1, 0.15) is 38.2 Å². The summed E-state index contributed by atoms with van der Waals surface area (Å²) in [6.07, 6.45) is 7.23. The van der Waals surface area contributed by atoms with E-state index in [1.165, 1.54) is 31.2 Å². The van der Waals surface area contributed by atoms with Crippen LogP contribution in [0.4, 0.5) is 5.69 Å². The maximum Gasteiger partial charge on any atom is 0.109 e. The van der Waals surface area contributed by atoms with E-state index in [0.717, 1.165) is 16.2 Å². The van der Waals surface area contributed by atoms with Crippen molar-refractivity contribution < 1.29 is 0 Å². The third-order valence-electron chi connectivity index (χ3n) is 3.55. The number of hydrogen-bond acceptors (Lipinski definition) is 2. The van der Waals surface area contributed by atoms with E-state index in [0.29, 0.717) is 6.04 Å². The molecule has 1 saturated carbocycles. The Labute approximate surface area is 106 Å². The molecule has 0 radical (unpaired) electrons. The topological polar surface area (TPSA) is 24.9 Å². The molecule has 1 N–H and O–H groups in total.